The molecule has 0 unspecified atom stereocenters. The predicted octanol–water partition coefficient (Wildman–Crippen LogP) is 4.80. The van der Waals surface area contributed by atoms with Gasteiger partial charge in [0, 0.05) is 10.1 Å². The van der Waals surface area contributed by atoms with Gasteiger partial charge in [-0.2, -0.15) is 8.78 Å². The molecule has 0 saturated carbocycles. The number of hydrogen-bond acceptors (Lipinski definition) is 4. The number of amides is 1. The van der Waals surface area contributed by atoms with Gasteiger partial charge in [-0.15, -0.1) is 11.3 Å². The predicted molar refractivity (Wildman–Crippen MR) is 94.4 cm³/mol. The number of rotatable bonds is 4. The van der Waals surface area contributed by atoms with Crippen molar-refractivity contribution in [3.05, 3.63) is 58.4 Å². The molecule has 130 valence electrons. The topological polar surface area (TPSA) is 63.2 Å². The third kappa shape index (κ3) is 3.24. The summed E-state index contributed by atoms with van der Waals surface area (Å²) in [6.07, 6.45) is 0. The van der Waals surface area contributed by atoms with Gasteiger partial charge in [0.2, 0.25) is 9.84 Å². The zero-order valence-corrected chi connectivity index (χ0v) is 14.8. The van der Waals surface area contributed by atoms with E-state index in [1.807, 2.05) is 0 Å². The molecule has 9 heteroatoms. The van der Waals surface area contributed by atoms with Gasteiger partial charge in [-0.05, 0) is 18.2 Å². The average molecular weight is 402 g/mol. The van der Waals surface area contributed by atoms with Crippen LogP contribution in [0.15, 0.2) is 53.4 Å². The molecule has 0 radical (unpaired) electrons. The Balaban J connectivity index is 2.00. The van der Waals surface area contributed by atoms with Crippen LogP contribution in [-0.4, -0.2) is 20.1 Å². The van der Waals surface area contributed by atoms with Crippen LogP contribution in [0, 0.1) is 0 Å². The molecule has 3 aromatic rings. The molecule has 1 heterocycles. The number of carbonyl (C=O) groups is 1. The van der Waals surface area contributed by atoms with Gasteiger partial charge in [-0.1, -0.05) is 41.9 Å². The SMILES string of the molecule is O=C(Nc1ccccc1S(=O)(=O)C(F)F)c1sc2ccccc2c1Cl. The molecule has 4 nitrogen and oxygen atoms in total. The van der Waals surface area contributed by atoms with Gasteiger partial charge in [-0.25, -0.2) is 8.42 Å². The third-order valence-corrected chi connectivity index (χ3v) is 6.53. The summed E-state index contributed by atoms with van der Waals surface area (Å²) in [7, 11) is -4.85. The van der Waals surface area contributed by atoms with Crippen molar-refractivity contribution in [1.29, 1.82) is 0 Å². The molecule has 0 aliphatic carbocycles. The van der Waals surface area contributed by atoms with E-state index >= 15 is 0 Å². The molecular formula is C16H10ClF2NO3S2. The maximum Gasteiger partial charge on any atom is 0.341 e. The molecule has 1 amide bonds. The Morgan fingerprint density at radius 1 is 1.08 bits per heavy atom. The number of anilines is 1. The molecule has 25 heavy (non-hydrogen) atoms. The summed E-state index contributed by atoms with van der Waals surface area (Å²) < 4.78 is 49.9. The number of para-hydroxylation sites is 1. The lowest BCUT2D eigenvalue weighted by Crippen LogP contribution is -2.17. The van der Waals surface area contributed by atoms with Gasteiger partial charge < -0.3 is 5.32 Å². The molecule has 2 aromatic carbocycles. The van der Waals surface area contributed by atoms with Crippen LogP contribution in [0.25, 0.3) is 10.1 Å². The minimum absolute atomic E-state index is 0.173. The zero-order valence-electron chi connectivity index (χ0n) is 12.4. The number of benzene rings is 2. The van der Waals surface area contributed by atoms with Crippen molar-refractivity contribution in [3.8, 4) is 0 Å². The van der Waals surface area contributed by atoms with E-state index in [-0.39, 0.29) is 15.6 Å². The number of carbonyl (C=O) groups excluding carboxylic acids is 1. The van der Waals surface area contributed by atoms with Crippen LogP contribution in [0.5, 0.6) is 0 Å². The van der Waals surface area contributed by atoms with E-state index in [9.17, 15) is 22.0 Å². The highest BCUT2D eigenvalue weighted by Crippen LogP contribution is 2.36. The van der Waals surface area contributed by atoms with E-state index < -0.39 is 26.4 Å². The summed E-state index contributed by atoms with van der Waals surface area (Å²) in [5.41, 5.74) is -0.221. The monoisotopic (exact) mass is 401 g/mol. The minimum atomic E-state index is -4.85. The fourth-order valence-electron chi connectivity index (χ4n) is 2.25. The second kappa shape index (κ2) is 6.70. The molecule has 0 spiro atoms. The van der Waals surface area contributed by atoms with Gasteiger partial charge in [0.25, 0.3) is 5.91 Å². The molecule has 1 N–H and O–H groups in total. The van der Waals surface area contributed by atoms with Crippen molar-refractivity contribution in [1.82, 2.24) is 0 Å². The smallest absolute Gasteiger partial charge is 0.320 e. The Hall–Kier alpha value is -2.03. The molecule has 1 aromatic heterocycles. The van der Waals surface area contributed by atoms with E-state index in [4.69, 9.17) is 11.6 Å². The van der Waals surface area contributed by atoms with Crippen LogP contribution in [0.4, 0.5) is 14.5 Å². The first-order chi connectivity index (χ1) is 11.8. The average Bonchev–Trinajstić information content (AvgIpc) is 2.92. The van der Waals surface area contributed by atoms with E-state index in [0.29, 0.717) is 5.39 Å². The first-order valence-electron chi connectivity index (χ1n) is 6.92. The van der Waals surface area contributed by atoms with Crippen LogP contribution in [0.1, 0.15) is 9.67 Å². The highest BCUT2D eigenvalue weighted by atomic mass is 35.5. The number of hydrogen-bond donors (Lipinski definition) is 1. The number of fused-ring (bicyclic) bond motifs is 1. The molecular weight excluding hydrogens is 392 g/mol. The van der Waals surface area contributed by atoms with Gasteiger partial charge in [0.1, 0.15) is 4.88 Å². The molecule has 3 rings (SSSR count). The molecule has 0 bridgehead atoms. The van der Waals surface area contributed by atoms with E-state index in [1.165, 1.54) is 18.2 Å². The molecule has 0 saturated heterocycles. The summed E-state index contributed by atoms with van der Waals surface area (Å²) in [6.45, 7) is 0. The van der Waals surface area contributed by atoms with Crippen molar-refractivity contribution < 1.29 is 22.0 Å². The van der Waals surface area contributed by atoms with Crippen molar-refractivity contribution >= 4 is 54.5 Å². The van der Waals surface area contributed by atoms with Gasteiger partial charge in [-0.3, -0.25) is 4.79 Å². The largest absolute Gasteiger partial charge is 0.341 e. The Bertz CT molecular complexity index is 1060. The number of sulfone groups is 1. The van der Waals surface area contributed by atoms with Crippen molar-refractivity contribution in [2.45, 2.75) is 10.7 Å². The minimum Gasteiger partial charge on any atom is -0.320 e. The Labute approximate surface area is 151 Å². The number of thiophene rings is 1. The van der Waals surface area contributed by atoms with E-state index in [1.54, 1.807) is 24.3 Å². The highest BCUT2D eigenvalue weighted by Gasteiger charge is 2.30. The molecule has 0 aliphatic heterocycles. The second-order valence-corrected chi connectivity index (χ2v) is 8.31. The van der Waals surface area contributed by atoms with Gasteiger partial charge >= 0.3 is 5.76 Å². The van der Waals surface area contributed by atoms with Crippen LogP contribution in [0.2, 0.25) is 5.02 Å². The van der Waals surface area contributed by atoms with E-state index in [0.717, 1.165) is 22.1 Å². The summed E-state index contributed by atoms with van der Waals surface area (Å²) in [4.78, 5) is 12.0. The third-order valence-electron chi connectivity index (χ3n) is 3.42. The van der Waals surface area contributed by atoms with Gasteiger partial charge in [0.05, 0.1) is 15.6 Å². The standard InChI is InChI=1S/C16H10ClF2NO3S2/c17-13-9-5-1-3-7-11(9)24-14(13)15(21)20-10-6-2-4-8-12(10)25(22,23)16(18)19/h1-8,16H,(H,20,21). The van der Waals surface area contributed by atoms with Crippen molar-refractivity contribution in [2.24, 2.45) is 0 Å². The first-order valence-corrected chi connectivity index (χ1v) is 9.66. The highest BCUT2D eigenvalue weighted by molar-refractivity contribution is 7.91. The summed E-state index contributed by atoms with van der Waals surface area (Å²) in [5, 5.41) is 3.28. The van der Waals surface area contributed by atoms with Gasteiger partial charge in [0.15, 0.2) is 0 Å². The van der Waals surface area contributed by atoms with Crippen molar-refractivity contribution in [3.63, 3.8) is 0 Å². The maximum atomic E-state index is 12.8. The summed E-state index contributed by atoms with van der Waals surface area (Å²) >= 11 is 7.34. The molecule has 0 atom stereocenters. The quantitative estimate of drug-likeness (QED) is 0.682. The lowest BCUT2D eigenvalue weighted by molar-refractivity contribution is 0.103. The van der Waals surface area contributed by atoms with Crippen molar-refractivity contribution in [2.75, 3.05) is 5.32 Å². The first kappa shape index (κ1) is 17.8. The van der Waals surface area contributed by atoms with Crippen LogP contribution < -0.4 is 5.32 Å². The number of alkyl halides is 2. The zero-order chi connectivity index (χ0) is 18.2. The number of halogens is 3. The lowest BCUT2D eigenvalue weighted by atomic mass is 10.2. The fourth-order valence-corrected chi connectivity index (χ4v) is 4.55. The summed E-state index contributed by atoms with van der Waals surface area (Å²) in [6, 6.07) is 12.1. The Kier molecular flexibility index (Phi) is 4.77. The Morgan fingerprint density at radius 3 is 2.40 bits per heavy atom. The number of nitrogens with one attached hydrogen (secondary N) is 1. The summed E-state index contributed by atoms with van der Waals surface area (Å²) in [5.74, 6) is -4.25. The molecule has 0 fully saturated rings. The maximum absolute atomic E-state index is 12.8. The normalized spacial score (nSPS) is 11.8. The van der Waals surface area contributed by atoms with Crippen LogP contribution in [-0.2, 0) is 9.84 Å². The lowest BCUT2D eigenvalue weighted by Gasteiger charge is -2.10. The van der Waals surface area contributed by atoms with Crippen LogP contribution >= 0.6 is 22.9 Å². The van der Waals surface area contributed by atoms with Crippen LogP contribution in [0.3, 0.4) is 0 Å². The Morgan fingerprint density at radius 2 is 1.72 bits per heavy atom. The fraction of sp³-hybridized carbons (Fsp3) is 0.0625. The second-order valence-electron chi connectivity index (χ2n) is 5.00. The van der Waals surface area contributed by atoms with E-state index in [2.05, 4.69) is 5.32 Å². The molecule has 0 aliphatic rings.